The SMILES string of the molecule is CCOC(=O)C(Oc1c(OC)cc(Br)cc1[N+](=O)[O-])C(=O)OCC. The van der Waals surface area contributed by atoms with Crippen LogP contribution in [0.25, 0.3) is 0 Å². The van der Waals surface area contributed by atoms with E-state index in [1.54, 1.807) is 13.8 Å². The van der Waals surface area contributed by atoms with E-state index in [-0.39, 0.29) is 24.7 Å². The van der Waals surface area contributed by atoms with E-state index in [9.17, 15) is 19.7 Å². The zero-order valence-electron chi connectivity index (χ0n) is 13.2. The van der Waals surface area contributed by atoms with Crippen LogP contribution in [0.1, 0.15) is 13.8 Å². The summed E-state index contributed by atoms with van der Waals surface area (Å²) in [5.41, 5.74) is -0.486. The lowest BCUT2D eigenvalue weighted by Gasteiger charge is -2.18. The molecule has 1 rings (SSSR count). The van der Waals surface area contributed by atoms with Crippen LogP contribution in [0.4, 0.5) is 5.69 Å². The Bertz CT molecular complexity index is 615. The van der Waals surface area contributed by atoms with Crippen LogP contribution in [0.15, 0.2) is 16.6 Å². The first-order chi connectivity index (χ1) is 11.3. The quantitative estimate of drug-likeness (QED) is 0.280. The van der Waals surface area contributed by atoms with Crippen LogP contribution in [-0.4, -0.2) is 43.3 Å². The van der Waals surface area contributed by atoms with Crippen molar-refractivity contribution in [3.63, 3.8) is 0 Å². The lowest BCUT2D eigenvalue weighted by Crippen LogP contribution is -2.38. The van der Waals surface area contributed by atoms with Gasteiger partial charge in [-0.2, -0.15) is 0 Å². The molecule has 0 N–H and O–H groups in total. The Morgan fingerprint density at radius 1 is 1.21 bits per heavy atom. The molecule has 10 heteroatoms. The summed E-state index contributed by atoms with van der Waals surface area (Å²) in [4.78, 5) is 34.4. The number of benzene rings is 1. The second-order valence-electron chi connectivity index (χ2n) is 4.22. The predicted octanol–water partition coefficient (Wildman–Crippen LogP) is 2.24. The van der Waals surface area contributed by atoms with E-state index in [1.165, 1.54) is 13.2 Å². The Balaban J connectivity index is 3.32. The van der Waals surface area contributed by atoms with E-state index < -0.39 is 28.7 Å². The van der Waals surface area contributed by atoms with Crippen LogP contribution in [0.5, 0.6) is 11.5 Å². The molecule has 0 saturated carbocycles. The fraction of sp³-hybridized carbons (Fsp3) is 0.429. The van der Waals surface area contributed by atoms with Crippen LogP contribution >= 0.6 is 15.9 Å². The van der Waals surface area contributed by atoms with Crippen molar-refractivity contribution in [1.29, 1.82) is 0 Å². The zero-order chi connectivity index (χ0) is 18.3. The van der Waals surface area contributed by atoms with Crippen LogP contribution in [-0.2, 0) is 19.1 Å². The van der Waals surface area contributed by atoms with Crippen molar-refractivity contribution in [2.75, 3.05) is 20.3 Å². The van der Waals surface area contributed by atoms with E-state index in [4.69, 9.17) is 18.9 Å². The number of esters is 2. The largest absolute Gasteiger partial charge is 0.493 e. The molecule has 24 heavy (non-hydrogen) atoms. The molecule has 0 atom stereocenters. The van der Waals surface area contributed by atoms with Crippen molar-refractivity contribution in [3.05, 3.63) is 26.7 Å². The maximum absolute atomic E-state index is 11.9. The van der Waals surface area contributed by atoms with Crippen LogP contribution < -0.4 is 9.47 Å². The molecule has 0 fully saturated rings. The highest BCUT2D eigenvalue weighted by Crippen LogP contribution is 2.40. The van der Waals surface area contributed by atoms with Gasteiger partial charge in [0.1, 0.15) is 0 Å². The summed E-state index contributed by atoms with van der Waals surface area (Å²) in [6.45, 7) is 3.08. The third-order valence-electron chi connectivity index (χ3n) is 2.65. The third kappa shape index (κ3) is 4.82. The molecule has 0 aliphatic carbocycles. The van der Waals surface area contributed by atoms with E-state index in [0.717, 1.165) is 6.07 Å². The van der Waals surface area contributed by atoms with Crippen molar-refractivity contribution < 1.29 is 33.5 Å². The number of ether oxygens (including phenoxy) is 4. The van der Waals surface area contributed by atoms with Crippen molar-refractivity contribution in [1.82, 2.24) is 0 Å². The molecule has 1 aromatic rings. The summed E-state index contributed by atoms with van der Waals surface area (Å²) in [6, 6.07) is 2.56. The molecule has 9 nitrogen and oxygen atoms in total. The Morgan fingerprint density at radius 2 is 1.75 bits per heavy atom. The van der Waals surface area contributed by atoms with Gasteiger partial charge in [0.05, 0.1) is 25.2 Å². The first kappa shape index (κ1) is 19.7. The second kappa shape index (κ2) is 9.06. The number of rotatable bonds is 8. The molecule has 0 radical (unpaired) electrons. The van der Waals surface area contributed by atoms with Gasteiger partial charge in [-0.25, -0.2) is 9.59 Å². The maximum Gasteiger partial charge on any atom is 0.359 e. The summed E-state index contributed by atoms with van der Waals surface area (Å²) in [5, 5.41) is 11.2. The summed E-state index contributed by atoms with van der Waals surface area (Å²) >= 11 is 3.11. The summed E-state index contributed by atoms with van der Waals surface area (Å²) in [5.74, 6) is -2.45. The molecule has 0 aliphatic rings. The molecule has 1 aromatic carbocycles. The zero-order valence-corrected chi connectivity index (χ0v) is 14.8. The van der Waals surface area contributed by atoms with Gasteiger partial charge in [0, 0.05) is 10.5 Å². The standard InChI is InChI=1S/C14H16BrNO8/c1-4-22-13(17)12(14(18)23-5-2)24-11-9(16(19)20)6-8(15)7-10(11)21-3/h6-7,12H,4-5H2,1-3H3. The molecule has 0 bridgehead atoms. The van der Waals surface area contributed by atoms with Crippen molar-refractivity contribution >= 4 is 33.6 Å². The Hall–Kier alpha value is -2.36. The normalized spacial score (nSPS) is 10.2. The molecule has 0 spiro atoms. The highest BCUT2D eigenvalue weighted by Gasteiger charge is 2.35. The average molecular weight is 406 g/mol. The Morgan fingerprint density at radius 3 is 2.17 bits per heavy atom. The number of hydrogen-bond donors (Lipinski definition) is 0. The fourth-order valence-electron chi connectivity index (χ4n) is 1.71. The number of nitro benzene ring substituents is 1. The summed E-state index contributed by atoms with van der Waals surface area (Å²) in [7, 11) is 1.27. The molecule has 132 valence electrons. The van der Waals surface area contributed by atoms with Gasteiger partial charge in [-0.3, -0.25) is 10.1 Å². The second-order valence-corrected chi connectivity index (χ2v) is 5.13. The lowest BCUT2D eigenvalue weighted by atomic mass is 10.2. The predicted molar refractivity (Wildman–Crippen MR) is 85.0 cm³/mol. The first-order valence-electron chi connectivity index (χ1n) is 6.87. The number of carbonyl (C=O) groups excluding carboxylic acids is 2. The van der Waals surface area contributed by atoms with Crippen molar-refractivity contribution in [2.24, 2.45) is 0 Å². The van der Waals surface area contributed by atoms with Crippen LogP contribution in [0.3, 0.4) is 0 Å². The van der Waals surface area contributed by atoms with Gasteiger partial charge >= 0.3 is 17.6 Å². The minimum atomic E-state index is -1.81. The van der Waals surface area contributed by atoms with Gasteiger partial charge in [-0.1, -0.05) is 15.9 Å². The van der Waals surface area contributed by atoms with Crippen LogP contribution in [0.2, 0.25) is 0 Å². The topological polar surface area (TPSA) is 114 Å². The van der Waals surface area contributed by atoms with Crippen molar-refractivity contribution in [3.8, 4) is 11.5 Å². The number of methoxy groups -OCH3 is 1. The molecule has 0 amide bonds. The number of nitro groups is 1. The van der Waals surface area contributed by atoms with E-state index in [0.29, 0.717) is 4.47 Å². The maximum atomic E-state index is 11.9. The van der Waals surface area contributed by atoms with Gasteiger partial charge in [0.2, 0.25) is 5.75 Å². The first-order valence-corrected chi connectivity index (χ1v) is 7.66. The van der Waals surface area contributed by atoms with Gasteiger partial charge in [0.25, 0.3) is 6.10 Å². The molecule has 0 saturated heterocycles. The fourth-order valence-corrected chi connectivity index (χ4v) is 2.13. The lowest BCUT2D eigenvalue weighted by molar-refractivity contribution is -0.386. The van der Waals surface area contributed by atoms with Gasteiger partial charge in [0.15, 0.2) is 5.75 Å². The van der Waals surface area contributed by atoms with E-state index in [2.05, 4.69) is 15.9 Å². The Labute approximate surface area is 146 Å². The van der Waals surface area contributed by atoms with Gasteiger partial charge < -0.3 is 18.9 Å². The van der Waals surface area contributed by atoms with Crippen LogP contribution in [0, 0.1) is 10.1 Å². The van der Waals surface area contributed by atoms with Gasteiger partial charge in [-0.15, -0.1) is 0 Å². The number of carbonyl (C=O) groups is 2. The number of nitrogens with zero attached hydrogens (tertiary/aromatic N) is 1. The highest BCUT2D eigenvalue weighted by atomic mass is 79.9. The average Bonchev–Trinajstić information content (AvgIpc) is 2.52. The molecule has 0 aromatic heterocycles. The number of hydrogen-bond acceptors (Lipinski definition) is 8. The molecular formula is C14H16BrNO8. The van der Waals surface area contributed by atoms with Gasteiger partial charge in [-0.05, 0) is 19.9 Å². The van der Waals surface area contributed by atoms with E-state index in [1.807, 2.05) is 0 Å². The molecule has 0 unspecified atom stereocenters. The number of halogens is 1. The minimum Gasteiger partial charge on any atom is -0.493 e. The summed E-state index contributed by atoms with van der Waals surface area (Å²) in [6.07, 6.45) is -1.81. The molecule has 0 heterocycles. The smallest absolute Gasteiger partial charge is 0.359 e. The highest BCUT2D eigenvalue weighted by molar-refractivity contribution is 9.10. The third-order valence-corrected chi connectivity index (χ3v) is 3.11. The minimum absolute atomic E-state index is 0.00232. The monoisotopic (exact) mass is 405 g/mol. The Kier molecular flexibility index (Phi) is 7.43. The molecule has 0 aliphatic heterocycles. The molecular weight excluding hydrogens is 390 g/mol. The van der Waals surface area contributed by atoms with Crippen molar-refractivity contribution in [2.45, 2.75) is 20.0 Å². The summed E-state index contributed by atoms with van der Waals surface area (Å²) < 4.78 is 20.2. The van der Waals surface area contributed by atoms with E-state index >= 15 is 0 Å².